The molecule has 0 radical (unpaired) electrons. The summed E-state index contributed by atoms with van der Waals surface area (Å²) in [6.45, 7) is 2.41. The third-order valence-electron chi connectivity index (χ3n) is 2.26. The molecule has 5 nitrogen and oxygen atoms in total. The maximum Gasteiger partial charge on any atom is 0.404 e. The highest BCUT2D eigenvalue weighted by Crippen LogP contribution is 2.34. The lowest BCUT2D eigenvalue weighted by Gasteiger charge is -2.07. The SMILES string of the molecule is Cc1cc2c(cc1CNC(=O)O)OCO2. The van der Waals surface area contributed by atoms with Gasteiger partial charge in [-0.15, -0.1) is 0 Å². The zero-order valence-corrected chi connectivity index (χ0v) is 8.24. The highest BCUT2D eigenvalue weighted by molar-refractivity contribution is 5.64. The first-order chi connectivity index (χ1) is 7.16. The smallest absolute Gasteiger partial charge is 0.404 e. The van der Waals surface area contributed by atoms with Gasteiger partial charge in [-0.1, -0.05) is 0 Å². The highest BCUT2D eigenvalue weighted by Gasteiger charge is 2.15. The van der Waals surface area contributed by atoms with E-state index in [1.807, 2.05) is 13.0 Å². The fourth-order valence-electron chi connectivity index (χ4n) is 1.45. The number of fused-ring (bicyclic) bond motifs is 1. The van der Waals surface area contributed by atoms with Crippen molar-refractivity contribution in [3.8, 4) is 11.5 Å². The van der Waals surface area contributed by atoms with E-state index in [0.717, 1.165) is 11.1 Å². The summed E-state index contributed by atoms with van der Waals surface area (Å²) < 4.78 is 10.4. The van der Waals surface area contributed by atoms with Crippen molar-refractivity contribution >= 4 is 6.09 Å². The summed E-state index contributed by atoms with van der Waals surface area (Å²) >= 11 is 0. The maximum absolute atomic E-state index is 10.4. The van der Waals surface area contributed by atoms with Gasteiger partial charge >= 0.3 is 6.09 Å². The average molecular weight is 209 g/mol. The van der Waals surface area contributed by atoms with E-state index in [4.69, 9.17) is 14.6 Å². The molecule has 0 unspecified atom stereocenters. The first kappa shape index (κ1) is 9.64. The van der Waals surface area contributed by atoms with Crippen molar-refractivity contribution in [1.82, 2.24) is 5.32 Å². The summed E-state index contributed by atoms with van der Waals surface area (Å²) in [5, 5.41) is 10.8. The van der Waals surface area contributed by atoms with Crippen molar-refractivity contribution in [3.63, 3.8) is 0 Å². The predicted octanol–water partition coefficient (Wildman–Crippen LogP) is 1.49. The lowest BCUT2D eigenvalue weighted by molar-refractivity contribution is 0.174. The summed E-state index contributed by atoms with van der Waals surface area (Å²) in [4.78, 5) is 10.4. The highest BCUT2D eigenvalue weighted by atomic mass is 16.7. The zero-order valence-electron chi connectivity index (χ0n) is 8.24. The second-order valence-electron chi connectivity index (χ2n) is 3.29. The fraction of sp³-hybridized carbons (Fsp3) is 0.300. The van der Waals surface area contributed by atoms with Crippen LogP contribution in [0.15, 0.2) is 12.1 Å². The topological polar surface area (TPSA) is 67.8 Å². The van der Waals surface area contributed by atoms with Gasteiger partial charge in [0.25, 0.3) is 0 Å². The van der Waals surface area contributed by atoms with Crippen molar-refractivity contribution in [2.75, 3.05) is 6.79 Å². The van der Waals surface area contributed by atoms with Gasteiger partial charge in [0, 0.05) is 6.54 Å². The Morgan fingerprint density at radius 2 is 2.13 bits per heavy atom. The molecule has 1 amide bonds. The molecule has 1 aromatic carbocycles. The number of amides is 1. The number of rotatable bonds is 2. The van der Waals surface area contributed by atoms with Crippen LogP contribution in [0.2, 0.25) is 0 Å². The van der Waals surface area contributed by atoms with Crippen LogP contribution in [0.4, 0.5) is 4.79 Å². The molecule has 80 valence electrons. The molecule has 1 aromatic rings. The second-order valence-corrected chi connectivity index (χ2v) is 3.29. The van der Waals surface area contributed by atoms with E-state index in [0.29, 0.717) is 11.5 Å². The largest absolute Gasteiger partial charge is 0.465 e. The Balaban J connectivity index is 2.21. The van der Waals surface area contributed by atoms with Gasteiger partial charge in [-0.2, -0.15) is 0 Å². The van der Waals surface area contributed by atoms with Crippen molar-refractivity contribution < 1.29 is 19.4 Å². The molecule has 0 fully saturated rings. The Morgan fingerprint density at radius 3 is 2.80 bits per heavy atom. The minimum Gasteiger partial charge on any atom is -0.465 e. The van der Waals surface area contributed by atoms with Gasteiger partial charge in [0.15, 0.2) is 11.5 Å². The molecule has 5 heteroatoms. The Hall–Kier alpha value is -1.91. The summed E-state index contributed by atoms with van der Waals surface area (Å²) in [6, 6.07) is 3.65. The monoisotopic (exact) mass is 209 g/mol. The van der Waals surface area contributed by atoms with Gasteiger partial charge in [0.1, 0.15) is 0 Å². The Morgan fingerprint density at radius 1 is 1.47 bits per heavy atom. The molecule has 1 aliphatic rings. The Kier molecular flexibility index (Phi) is 2.37. The van der Waals surface area contributed by atoms with Crippen LogP contribution >= 0.6 is 0 Å². The van der Waals surface area contributed by atoms with Crippen LogP contribution in [0.1, 0.15) is 11.1 Å². The summed E-state index contributed by atoms with van der Waals surface area (Å²) in [7, 11) is 0. The number of hydrogen-bond donors (Lipinski definition) is 2. The summed E-state index contributed by atoms with van der Waals surface area (Å²) in [5.41, 5.74) is 1.87. The van der Waals surface area contributed by atoms with Crippen LogP contribution in [0.25, 0.3) is 0 Å². The molecule has 0 aliphatic carbocycles. The first-order valence-electron chi connectivity index (χ1n) is 4.53. The fourth-order valence-corrected chi connectivity index (χ4v) is 1.45. The van der Waals surface area contributed by atoms with Crippen LogP contribution in [-0.4, -0.2) is 18.0 Å². The molecule has 1 aliphatic heterocycles. The minimum atomic E-state index is -1.04. The molecule has 0 aromatic heterocycles. The van der Waals surface area contributed by atoms with E-state index in [-0.39, 0.29) is 13.3 Å². The van der Waals surface area contributed by atoms with Crippen LogP contribution in [0.3, 0.4) is 0 Å². The minimum absolute atomic E-state index is 0.227. The lowest BCUT2D eigenvalue weighted by atomic mass is 10.1. The van der Waals surface area contributed by atoms with Gasteiger partial charge in [-0.3, -0.25) is 0 Å². The van der Waals surface area contributed by atoms with E-state index in [1.54, 1.807) is 6.07 Å². The third kappa shape index (κ3) is 1.96. The van der Waals surface area contributed by atoms with Gasteiger partial charge < -0.3 is 19.9 Å². The number of carbonyl (C=O) groups is 1. The summed E-state index contributed by atoms with van der Waals surface area (Å²) in [6.07, 6.45) is -1.04. The van der Waals surface area contributed by atoms with Crippen LogP contribution in [0, 0.1) is 6.92 Å². The number of nitrogens with one attached hydrogen (secondary N) is 1. The van der Waals surface area contributed by atoms with Crippen molar-refractivity contribution in [2.45, 2.75) is 13.5 Å². The number of ether oxygens (including phenoxy) is 2. The van der Waals surface area contributed by atoms with Gasteiger partial charge in [-0.25, -0.2) is 4.79 Å². The zero-order chi connectivity index (χ0) is 10.8. The number of hydrogen-bond acceptors (Lipinski definition) is 3. The van der Waals surface area contributed by atoms with E-state index in [2.05, 4.69) is 5.32 Å². The van der Waals surface area contributed by atoms with Gasteiger partial charge in [0.2, 0.25) is 6.79 Å². The average Bonchev–Trinajstić information content (AvgIpc) is 2.60. The van der Waals surface area contributed by atoms with Crippen molar-refractivity contribution in [2.24, 2.45) is 0 Å². The lowest BCUT2D eigenvalue weighted by Crippen LogP contribution is -2.20. The molecule has 2 rings (SSSR count). The Bertz CT molecular complexity index is 403. The van der Waals surface area contributed by atoms with Crippen molar-refractivity contribution in [3.05, 3.63) is 23.3 Å². The van der Waals surface area contributed by atoms with E-state index >= 15 is 0 Å². The van der Waals surface area contributed by atoms with Crippen LogP contribution in [-0.2, 0) is 6.54 Å². The predicted molar refractivity (Wildman–Crippen MR) is 52.2 cm³/mol. The standard InChI is InChI=1S/C10H11NO4/c1-6-2-8-9(15-5-14-8)3-7(6)4-11-10(12)13/h2-3,11H,4-5H2,1H3,(H,12,13). The Labute approximate surface area is 86.6 Å². The molecule has 0 bridgehead atoms. The van der Waals surface area contributed by atoms with Crippen LogP contribution < -0.4 is 14.8 Å². The van der Waals surface area contributed by atoms with Crippen molar-refractivity contribution in [1.29, 1.82) is 0 Å². The van der Waals surface area contributed by atoms with Gasteiger partial charge in [-0.05, 0) is 30.2 Å². The van der Waals surface area contributed by atoms with Crippen LogP contribution in [0.5, 0.6) is 11.5 Å². The maximum atomic E-state index is 10.4. The molecule has 0 atom stereocenters. The van der Waals surface area contributed by atoms with E-state index < -0.39 is 6.09 Å². The quantitative estimate of drug-likeness (QED) is 0.774. The number of benzene rings is 1. The number of carboxylic acid groups (broad SMARTS) is 1. The first-order valence-corrected chi connectivity index (χ1v) is 4.53. The summed E-state index contributed by atoms with van der Waals surface area (Å²) in [5.74, 6) is 1.38. The molecule has 2 N–H and O–H groups in total. The number of aryl methyl sites for hydroxylation is 1. The second kappa shape index (κ2) is 3.68. The van der Waals surface area contributed by atoms with Gasteiger partial charge in [0.05, 0.1) is 0 Å². The van der Waals surface area contributed by atoms with E-state index in [9.17, 15) is 4.79 Å². The molecule has 0 saturated carbocycles. The molecule has 1 heterocycles. The third-order valence-corrected chi connectivity index (χ3v) is 2.26. The molecular weight excluding hydrogens is 198 g/mol. The molecule has 0 spiro atoms. The molecule has 15 heavy (non-hydrogen) atoms. The molecular formula is C10H11NO4. The molecule has 0 saturated heterocycles. The van der Waals surface area contributed by atoms with E-state index in [1.165, 1.54) is 0 Å². The normalized spacial score (nSPS) is 12.6.